The van der Waals surface area contributed by atoms with Gasteiger partial charge < -0.3 is 13.9 Å². The van der Waals surface area contributed by atoms with E-state index in [0.717, 1.165) is 39.0 Å². The SMILES string of the molecule is CC(C)(C)c1cc(-[n+]2[c-]n(-c3[c-]c(Oc4[c-]c5c(cc4)c4ccccc4n5-c4cc(C(C)(C)C)ccn4)ccc3)cc2)cc(C(C)(C)C)c1.[Pt]. The first-order chi connectivity index (χ1) is 23.1. The Bertz CT molecular complexity index is 2290. The van der Waals surface area contributed by atoms with Crippen LogP contribution < -0.4 is 9.30 Å². The van der Waals surface area contributed by atoms with Gasteiger partial charge in [0.1, 0.15) is 5.82 Å². The zero-order valence-corrected chi connectivity index (χ0v) is 32.6. The molecule has 0 saturated carbocycles. The number of nitrogens with zero attached hydrogens (tertiary/aromatic N) is 4. The molecular weight excluding hydrogens is 796 g/mol. The summed E-state index contributed by atoms with van der Waals surface area (Å²) in [6, 6.07) is 36.6. The zero-order chi connectivity index (χ0) is 34.7. The standard InChI is InChI=1S/C44H44N4O.Pt/c1-42(2,3)30-19-20-45-41(26-30)48-39-16-11-10-15-37(39)38-18-17-36(28-40(38)48)49-35-14-12-13-33(27-35)46-21-22-47(29-46)34-24-31(43(4,5)6)23-32(25-34)44(7,8)9;/h10-26H,1-9H3;/q-2;. The summed E-state index contributed by atoms with van der Waals surface area (Å²) in [4.78, 5) is 4.80. The minimum absolute atomic E-state index is 0. The number of hydrogen-bond acceptors (Lipinski definition) is 2. The third-order valence-electron chi connectivity index (χ3n) is 9.14. The van der Waals surface area contributed by atoms with E-state index < -0.39 is 0 Å². The van der Waals surface area contributed by atoms with Gasteiger partial charge in [-0.05, 0) is 74.3 Å². The normalized spacial score (nSPS) is 12.3. The van der Waals surface area contributed by atoms with Gasteiger partial charge >= 0.3 is 0 Å². The van der Waals surface area contributed by atoms with E-state index in [1.165, 1.54) is 16.7 Å². The average Bonchev–Trinajstić information content (AvgIpc) is 3.67. The topological polar surface area (TPSA) is 35.9 Å². The first kappa shape index (κ1) is 35.4. The minimum atomic E-state index is -0.00245. The van der Waals surface area contributed by atoms with Crippen LogP contribution in [0.2, 0.25) is 0 Å². The van der Waals surface area contributed by atoms with Crippen LogP contribution in [0.1, 0.15) is 79.0 Å². The third kappa shape index (κ3) is 6.94. The number of fused-ring (bicyclic) bond motifs is 3. The van der Waals surface area contributed by atoms with Crippen molar-refractivity contribution in [2.45, 2.75) is 78.6 Å². The van der Waals surface area contributed by atoms with Gasteiger partial charge in [0, 0.05) is 56.7 Å². The Morgan fingerprint density at radius 2 is 1.34 bits per heavy atom. The molecule has 0 atom stereocenters. The number of ether oxygens (including phenoxy) is 1. The molecule has 3 heterocycles. The van der Waals surface area contributed by atoms with Crippen molar-refractivity contribution in [2.24, 2.45) is 0 Å². The fourth-order valence-corrected chi connectivity index (χ4v) is 6.14. The Balaban J connectivity index is 0.00000432. The molecule has 0 fully saturated rings. The number of hydrogen-bond donors (Lipinski definition) is 0. The van der Waals surface area contributed by atoms with Crippen LogP contribution in [0.15, 0.2) is 104 Å². The molecule has 0 spiro atoms. The molecule has 0 radical (unpaired) electrons. The largest absolute Gasteiger partial charge is 0.510 e. The molecule has 0 aliphatic carbocycles. The van der Waals surface area contributed by atoms with Gasteiger partial charge in [0.2, 0.25) is 0 Å². The molecule has 3 aromatic heterocycles. The van der Waals surface area contributed by atoms with Crippen LogP contribution in [0.5, 0.6) is 11.5 Å². The number of aromatic nitrogens is 4. The first-order valence-electron chi connectivity index (χ1n) is 17.0. The molecule has 0 saturated heterocycles. The first-order valence-corrected chi connectivity index (χ1v) is 17.0. The minimum Gasteiger partial charge on any atom is -0.510 e. The van der Waals surface area contributed by atoms with Gasteiger partial charge in [0.25, 0.3) is 6.33 Å². The molecule has 4 aromatic carbocycles. The molecule has 258 valence electrons. The smallest absolute Gasteiger partial charge is 0.267 e. The molecular formula is C44H44N4OPt-2. The van der Waals surface area contributed by atoms with Crippen LogP contribution in [0, 0.1) is 18.5 Å². The van der Waals surface area contributed by atoms with Crippen LogP contribution in [0.4, 0.5) is 0 Å². The molecule has 5 nitrogen and oxygen atoms in total. The third-order valence-corrected chi connectivity index (χ3v) is 9.14. The second kappa shape index (κ2) is 13.0. The van der Waals surface area contributed by atoms with Crippen LogP contribution >= 0.6 is 0 Å². The van der Waals surface area contributed by atoms with E-state index in [1.54, 1.807) is 0 Å². The molecule has 7 rings (SSSR count). The second-order valence-electron chi connectivity index (χ2n) is 16.0. The summed E-state index contributed by atoms with van der Waals surface area (Å²) in [7, 11) is 0. The van der Waals surface area contributed by atoms with Gasteiger partial charge in [0.15, 0.2) is 0 Å². The Morgan fingerprint density at radius 1 is 0.660 bits per heavy atom. The van der Waals surface area contributed by atoms with E-state index in [4.69, 9.17) is 9.72 Å². The van der Waals surface area contributed by atoms with Crippen LogP contribution in [-0.2, 0) is 37.3 Å². The van der Waals surface area contributed by atoms with Gasteiger partial charge in [-0.3, -0.25) is 4.57 Å². The molecule has 0 N–H and O–H groups in total. The predicted molar refractivity (Wildman–Crippen MR) is 199 cm³/mol. The van der Waals surface area contributed by atoms with E-state index in [-0.39, 0.29) is 37.3 Å². The Kier molecular flexibility index (Phi) is 9.20. The Morgan fingerprint density at radius 3 is 2.04 bits per heavy atom. The second-order valence-corrected chi connectivity index (χ2v) is 16.0. The predicted octanol–water partition coefficient (Wildman–Crippen LogP) is 10.3. The Labute approximate surface area is 310 Å². The number of benzene rings is 4. The number of rotatable bonds is 5. The summed E-state index contributed by atoms with van der Waals surface area (Å²) in [5.41, 5.74) is 7.80. The van der Waals surface area contributed by atoms with Crippen molar-refractivity contribution in [3.05, 3.63) is 139 Å². The molecule has 0 aliphatic rings. The van der Waals surface area contributed by atoms with E-state index in [2.05, 4.69) is 151 Å². The van der Waals surface area contributed by atoms with Crippen molar-refractivity contribution in [2.75, 3.05) is 0 Å². The van der Waals surface area contributed by atoms with Gasteiger partial charge in [0.05, 0.1) is 5.69 Å². The molecule has 6 heteroatoms. The fraction of sp³-hybridized carbons (Fsp3) is 0.273. The number of para-hydroxylation sites is 1. The number of imidazole rings is 1. The molecule has 50 heavy (non-hydrogen) atoms. The fourth-order valence-electron chi connectivity index (χ4n) is 6.14. The maximum atomic E-state index is 6.43. The maximum Gasteiger partial charge on any atom is 0.267 e. The van der Waals surface area contributed by atoms with Crippen LogP contribution in [0.25, 0.3) is 39.0 Å². The van der Waals surface area contributed by atoms with Crippen molar-refractivity contribution >= 4 is 21.8 Å². The number of pyridine rings is 1. The molecule has 0 unspecified atom stereocenters. The van der Waals surface area contributed by atoms with Crippen LogP contribution in [-0.4, -0.2) is 14.1 Å². The zero-order valence-electron chi connectivity index (χ0n) is 30.3. The molecule has 0 aliphatic heterocycles. The van der Waals surface area contributed by atoms with Crippen molar-refractivity contribution in [1.82, 2.24) is 14.1 Å². The van der Waals surface area contributed by atoms with E-state index >= 15 is 0 Å². The van der Waals surface area contributed by atoms with E-state index in [1.807, 2.05) is 47.4 Å². The van der Waals surface area contributed by atoms with Crippen LogP contribution in [0.3, 0.4) is 0 Å². The summed E-state index contributed by atoms with van der Waals surface area (Å²) in [6.07, 6.45) is 9.44. The Hall–Kier alpha value is -4.47. The van der Waals surface area contributed by atoms with Gasteiger partial charge in [-0.2, -0.15) is 18.2 Å². The summed E-state index contributed by atoms with van der Waals surface area (Å²) in [5.74, 6) is 2.07. The van der Waals surface area contributed by atoms with Crippen molar-refractivity contribution in [3.63, 3.8) is 0 Å². The van der Waals surface area contributed by atoms with Crippen molar-refractivity contribution in [1.29, 1.82) is 0 Å². The summed E-state index contributed by atoms with van der Waals surface area (Å²) < 4.78 is 12.6. The summed E-state index contributed by atoms with van der Waals surface area (Å²) >= 11 is 0. The molecule has 0 bridgehead atoms. The summed E-state index contributed by atoms with van der Waals surface area (Å²) in [6.45, 7) is 20.2. The van der Waals surface area contributed by atoms with Gasteiger partial charge in [-0.1, -0.05) is 92.1 Å². The van der Waals surface area contributed by atoms with Gasteiger partial charge in [-0.25, -0.2) is 4.98 Å². The van der Waals surface area contributed by atoms with Crippen molar-refractivity contribution in [3.8, 4) is 28.7 Å². The van der Waals surface area contributed by atoms with E-state index in [9.17, 15) is 0 Å². The maximum absolute atomic E-state index is 6.43. The van der Waals surface area contributed by atoms with Crippen molar-refractivity contribution < 1.29 is 30.4 Å². The summed E-state index contributed by atoms with van der Waals surface area (Å²) in [5, 5.41) is 2.25. The average molecular weight is 840 g/mol. The quantitative estimate of drug-likeness (QED) is 0.128. The van der Waals surface area contributed by atoms with Gasteiger partial charge in [-0.15, -0.1) is 29.7 Å². The molecule has 0 amide bonds. The molecule has 7 aromatic rings. The monoisotopic (exact) mass is 839 g/mol. The van der Waals surface area contributed by atoms with E-state index in [0.29, 0.717) is 11.5 Å².